The first-order chi connectivity index (χ1) is 21.5. The number of carbonyl (C=O) groups is 4. The number of hydrogen-bond donors (Lipinski definition) is 0. The molecular formula is C40H44N2O4. The summed E-state index contributed by atoms with van der Waals surface area (Å²) in [5.41, 5.74) is 8.93. The van der Waals surface area contributed by atoms with Crippen LogP contribution in [0.3, 0.4) is 0 Å². The number of anilines is 2. The monoisotopic (exact) mass is 616 g/mol. The van der Waals surface area contributed by atoms with E-state index in [1.54, 1.807) is 0 Å². The van der Waals surface area contributed by atoms with E-state index in [4.69, 9.17) is 0 Å². The second-order valence-corrected chi connectivity index (χ2v) is 14.3. The fourth-order valence-electron chi connectivity index (χ4n) is 6.70. The minimum atomic E-state index is -0.348. The van der Waals surface area contributed by atoms with Gasteiger partial charge in [0.15, 0.2) is 0 Å². The Kier molecular flexibility index (Phi) is 8.31. The van der Waals surface area contributed by atoms with Crippen molar-refractivity contribution in [2.75, 3.05) is 9.80 Å². The van der Waals surface area contributed by atoms with Crippen LogP contribution in [0.1, 0.15) is 112 Å². The normalized spacial score (nSPS) is 15.5. The summed E-state index contributed by atoms with van der Waals surface area (Å²) in [6.07, 6.45) is 5.33. The summed E-state index contributed by atoms with van der Waals surface area (Å²) in [5.74, 6) is -1.00. The number of hydrogen-bond acceptors (Lipinski definition) is 4. The van der Waals surface area contributed by atoms with Gasteiger partial charge in [-0.15, -0.1) is 0 Å². The molecule has 2 aliphatic heterocycles. The molecule has 0 unspecified atom stereocenters. The van der Waals surface area contributed by atoms with Gasteiger partial charge in [0.25, 0.3) is 23.6 Å². The lowest BCUT2D eigenvalue weighted by Crippen LogP contribution is -2.32. The Balaban J connectivity index is 1.51. The van der Waals surface area contributed by atoms with E-state index in [9.17, 15) is 19.2 Å². The maximum Gasteiger partial charge on any atom is 0.258 e. The Hall–Kier alpha value is -4.58. The molecule has 0 saturated carbocycles. The third kappa shape index (κ3) is 5.44. The predicted molar refractivity (Wildman–Crippen MR) is 184 cm³/mol. The first-order valence-electron chi connectivity index (χ1n) is 16.0. The molecule has 0 radical (unpaired) electrons. The molecule has 6 heteroatoms. The molecule has 0 N–H and O–H groups in total. The quantitative estimate of drug-likeness (QED) is 0.240. The first-order valence-corrected chi connectivity index (χ1v) is 16.0. The Morgan fingerprint density at radius 1 is 0.478 bits per heavy atom. The Morgan fingerprint density at radius 3 is 1.02 bits per heavy atom. The molecule has 4 amide bonds. The van der Waals surface area contributed by atoms with Crippen LogP contribution in [0.2, 0.25) is 0 Å². The van der Waals surface area contributed by atoms with Gasteiger partial charge in [0.1, 0.15) is 0 Å². The van der Waals surface area contributed by atoms with Crippen molar-refractivity contribution >= 4 is 35.0 Å². The summed E-state index contributed by atoms with van der Waals surface area (Å²) in [7, 11) is 0. The van der Waals surface area contributed by atoms with Crippen molar-refractivity contribution in [2.45, 2.75) is 91.9 Å². The highest BCUT2D eigenvalue weighted by Crippen LogP contribution is 2.42. The number of imide groups is 2. The molecule has 0 bridgehead atoms. The van der Waals surface area contributed by atoms with Crippen molar-refractivity contribution in [1.82, 2.24) is 0 Å². The lowest BCUT2D eigenvalue weighted by Gasteiger charge is -2.32. The van der Waals surface area contributed by atoms with Gasteiger partial charge in [0.05, 0.1) is 11.4 Å². The zero-order valence-electron chi connectivity index (χ0n) is 28.6. The molecule has 0 spiro atoms. The van der Waals surface area contributed by atoms with Crippen molar-refractivity contribution in [1.29, 1.82) is 0 Å². The number of aryl methyl sites for hydroxylation is 2. The van der Waals surface area contributed by atoms with Crippen molar-refractivity contribution in [3.63, 3.8) is 0 Å². The van der Waals surface area contributed by atoms with E-state index in [-0.39, 0.29) is 46.3 Å². The maximum atomic E-state index is 12.6. The van der Waals surface area contributed by atoms with Crippen LogP contribution >= 0.6 is 0 Å². The van der Waals surface area contributed by atoms with Crippen molar-refractivity contribution in [2.24, 2.45) is 0 Å². The maximum absolute atomic E-state index is 12.6. The molecule has 0 atom stereocenters. The zero-order chi connectivity index (χ0) is 33.9. The number of nitrogens with zero attached hydrogens (tertiary/aromatic N) is 2. The fraction of sp³-hybridized carbons (Fsp3) is 0.350. The summed E-state index contributed by atoms with van der Waals surface area (Å²) in [6.45, 7) is 21.1. The third-order valence-electron chi connectivity index (χ3n) is 9.74. The minimum absolute atomic E-state index is 0.109. The van der Waals surface area contributed by atoms with Crippen LogP contribution < -0.4 is 9.80 Å². The standard InChI is InChI=1S/C40H44N2O4/c1-23(2)31-21-29(19-25(5)37(31)41-33(43)15-16-34(41)44)39(7,8)27-11-13-28(14-12-27)40(9,10)30-20-26(6)38(32(22-30)24(3)4)42-35(45)17-18-36(42)46/h11-24H,1-10H3. The Morgan fingerprint density at radius 2 is 0.761 bits per heavy atom. The molecule has 3 aromatic rings. The van der Waals surface area contributed by atoms with Gasteiger partial charge in [0.2, 0.25) is 0 Å². The lowest BCUT2D eigenvalue weighted by atomic mass is 9.73. The van der Waals surface area contributed by atoms with Crippen LogP contribution in [-0.2, 0) is 30.0 Å². The largest absolute Gasteiger partial charge is 0.269 e. The molecule has 5 rings (SSSR count). The highest BCUT2D eigenvalue weighted by molar-refractivity contribution is 6.29. The molecule has 238 valence electrons. The highest BCUT2D eigenvalue weighted by atomic mass is 16.2. The Bertz CT molecular complexity index is 1670. The van der Waals surface area contributed by atoms with Gasteiger partial charge < -0.3 is 0 Å². The van der Waals surface area contributed by atoms with Crippen LogP contribution in [0.5, 0.6) is 0 Å². The highest BCUT2D eigenvalue weighted by Gasteiger charge is 2.34. The van der Waals surface area contributed by atoms with Crippen molar-refractivity contribution in [3.8, 4) is 0 Å². The summed E-state index contributed by atoms with van der Waals surface area (Å²) in [4.78, 5) is 52.9. The third-order valence-corrected chi connectivity index (χ3v) is 9.74. The van der Waals surface area contributed by atoms with Crippen molar-refractivity contribution < 1.29 is 19.2 Å². The van der Waals surface area contributed by atoms with E-state index < -0.39 is 0 Å². The molecule has 0 aliphatic carbocycles. The Labute approximate surface area is 272 Å². The minimum Gasteiger partial charge on any atom is -0.269 e. The molecule has 46 heavy (non-hydrogen) atoms. The van der Waals surface area contributed by atoms with Gasteiger partial charge in [-0.2, -0.15) is 0 Å². The number of benzene rings is 3. The molecular weight excluding hydrogens is 572 g/mol. The molecule has 0 saturated heterocycles. The van der Waals surface area contributed by atoms with Crippen LogP contribution in [0.25, 0.3) is 0 Å². The van der Waals surface area contributed by atoms with Gasteiger partial charge in [-0.1, -0.05) is 104 Å². The zero-order valence-corrected chi connectivity index (χ0v) is 28.6. The molecule has 0 aromatic heterocycles. The molecule has 2 heterocycles. The first kappa shape index (κ1) is 32.8. The summed E-state index contributed by atoms with van der Waals surface area (Å²) < 4.78 is 0. The van der Waals surface area contributed by atoms with Crippen LogP contribution in [0, 0.1) is 13.8 Å². The van der Waals surface area contributed by atoms with Gasteiger partial charge in [-0.25, -0.2) is 9.80 Å². The van der Waals surface area contributed by atoms with Crippen LogP contribution in [0.4, 0.5) is 11.4 Å². The lowest BCUT2D eigenvalue weighted by molar-refractivity contribution is -0.121. The number of amides is 4. The summed E-state index contributed by atoms with van der Waals surface area (Å²) in [5, 5.41) is 0. The average molecular weight is 617 g/mol. The second-order valence-electron chi connectivity index (χ2n) is 14.3. The van der Waals surface area contributed by atoms with E-state index in [0.717, 1.165) is 44.5 Å². The van der Waals surface area contributed by atoms with Gasteiger partial charge in [0, 0.05) is 35.1 Å². The summed E-state index contributed by atoms with van der Waals surface area (Å²) >= 11 is 0. The topological polar surface area (TPSA) is 74.8 Å². The second kappa shape index (κ2) is 11.7. The van der Waals surface area contributed by atoms with E-state index in [1.165, 1.54) is 34.1 Å². The van der Waals surface area contributed by atoms with Gasteiger partial charge in [-0.05, 0) is 70.2 Å². The van der Waals surface area contributed by atoms with Gasteiger partial charge in [-0.3, -0.25) is 19.2 Å². The molecule has 0 fully saturated rings. The van der Waals surface area contributed by atoms with E-state index in [0.29, 0.717) is 11.4 Å². The number of carbonyl (C=O) groups excluding carboxylic acids is 4. The van der Waals surface area contributed by atoms with E-state index >= 15 is 0 Å². The SMILES string of the molecule is Cc1cc(C(C)(C)c2ccc(C(C)(C)c3cc(C)c(N4C(=O)C=CC4=O)c(C(C)C)c3)cc2)cc(C(C)C)c1N1C(=O)C=CC1=O. The van der Waals surface area contributed by atoms with Crippen molar-refractivity contribution in [3.05, 3.63) is 117 Å². The molecule has 2 aliphatic rings. The van der Waals surface area contributed by atoms with E-state index in [2.05, 4.69) is 104 Å². The van der Waals surface area contributed by atoms with Crippen LogP contribution in [-0.4, -0.2) is 23.6 Å². The van der Waals surface area contributed by atoms with E-state index in [1.807, 2.05) is 13.8 Å². The van der Waals surface area contributed by atoms with Crippen LogP contribution in [0.15, 0.2) is 72.8 Å². The average Bonchev–Trinajstić information content (AvgIpc) is 3.50. The fourth-order valence-corrected chi connectivity index (χ4v) is 6.70. The smallest absolute Gasteiger partial charge is 0.258 e. The molecule has 3 aromatic carbocycles. The van der Waals surface area contributed by atoms with Gasteiger partial charge >= 0.3 is 0 Å². The summed E-state index contributed by atoms with van der Waals surface area (Å²) in [6, 6.07) is 17.2. The molecule has 6 nitrogen and oxygen atoms in total. The predicted octanol–water partition coefficient (Wildman–Crippen LogP) is 8.06. The number of rotatable bonds is 8.